The maximum Gasteiger partial charge on any atom is 0.320 e. The maximum atomic E-state index is 11.3. The van der Waals surface area contributed by atoms with Crippen LogP contribution in [0.25, 0.3) is 11.2 Å². The summed E-state index contributed by atoms with van der Waals surface area (Å²) in [6.45, 7) is 2.98. The molecule has 1 aromatic carbocycles. The SMILES string of the molecule is CCCCOc1nc(N)c2nc(O)n(Cc3cccc(CO[PH](=O)OC)c3)c2n1. The molecular weight excluding hydrogens is 397 g/mol. The molecule has 0 saturated carbocycles. The second kappa shape index (κ2) is 9.69. The molecule has 0 fully saturated rings. The van der Waals surface area contributed by atoms with E-state index in [0.29, 0.717) is 24.3 Å². The van der Waals surface area contributed by atoms with Crippen molar-refractivity contribution in [3.05, 3.63) is 35.4 Å². The van der Waals surface area contributed by atoms with Crippen LogP contribution in [0, 0.1) is 0 Å². The Morgan fingerprint density at radius 3 is 2.79 bits per heavy atom. The zero-order valence-electron chi connectivity index (χ0n) is 16.3. The molecule has 0 spiro atoms. The summed E-state index contributed by atoms with van der Waals surface area (Å²) in [4.78, 5) is 12.5. The molecule has 2 heterocycles. The average molecular weight is 421 g/mol. The van der Waals surface area contributed by atoms with Crippen LogP contribution >= 0.6 is 8.25 Å². The highest BCUT2D eigenvalue weighted by molar-refractivity contribution is 7.33. The van der Waals surface area contributed by atoms with Crippen LogP contribution in [0.15, 0.2) is 24.3 Å². The number of ether oxygens (including phenoxy) is 1. The number of anilines is 1. The van der Waals surface area contributed by atoms with E-state index in [1.165, 1.54) is 11.7 Å². The van der Waals surface area contributed by atoms with Gasteiger partial charge in [0.2, 0.25) is 0 Å². The number of benzene rings is 1. The lowest BCUT2D eigenvalue weighted by Gasteiger charge is -2.09. The minimum atomic E-state index is -2.49. The number of unbranched alkanes of at least 4 members (excludes halogenated alkanes) is 1. The number of rotatable bonds is 10. The summed E-state index contributed by atoms with van der Waals surface area (Å²) >= 11 is 0. The number of nitrogens with two attached hydrogens (primary N) is 1. The Balaban J connectivity index is 1.85. The number of nitrogen functional groups attached to an aromatic ring is 1. The Morgan fingerprint density at radius 1 is 1.24 bits per heavy atom. The van der Waals surface area contributed by atoms with E-state index in [0.717, 1.165) is 24.0 Å². The topological polar surface area (TPSA) is 135 Å². The smallest absolute Gasteiger partial charge is 0.320 e. The number of hydrogen-bond acceptors (Lipinski definition) is 9. The highest BCUT2D eigenvalue weighted by atomic mass is 31.1. The Morgan fingerprint density at radius 2 is 2.03 bits per heavy atom. The highest BCUT2D eigenvalue weighted by Gasteiger charge is 2.17. The van der Waals surface area contributed by atoms with Gasteiger partial charge in [-0.2, -0.15) is 15.0 Å². The number of fused-ring (bicyclic) bond motifs is 1. The van der Waals surface area contributed by atoms with Gasteiger partial charge >= 0.3 is 14.3 Å². The summed E-state index contributed by atoms with van der Waals surface area (Å²) in [5.41, 5.74) is 8.34. The van der Waals surface area contributed by atoms with Crippen molar-refractivity contribution in [2.24, 2.45) is 0 Å². The maximum absolute atomic E-state index is 11.3. The number of aromatic hydroxyl groups is 1. The lowest BCUT2D eigenvalue weighted by Crippen LogP contribution is -2.06. The van der Waals surface area contributed by atoms with Gasteiger partial charge in [-0.05, 0) is 17.5 Å². The van der Waals surface area contributed by atoms with E-state index >= 15 is 0 Å². The molecular formula is C18H24N5O5P. The van der Waals surface area contributed by atoms with E-state index in [2.05, 4.69) is 26.4 Å². The molecule has 2 aromatic heterocycles. The number of hydrogen-bond donors (Lipinski definition) is 2. The monoisotopic (exact) mass is 421 g/mol. The third kappa shape index (κ3) is 5.23. The van der Waals surface area contributed by atoms with Gasteiger partial charge in [-0.3, -0.25) is 9.13 Å². The van der Waals surface area contributed by atoms with Crippen molar-refractivity contribution in [2.75, 3.05) is 19.5 Å². The Bertz CT molecular complexity index is 1010. The Hall–Kier alpha value is -2.68. The van der Waals surface area contributed by atoms with Gasteiger partial charge in [0.15, 0.2) is 17.0 Å². The van der Waals surface area contributed by atoms with Gasteiger partial charge in [0, 0.05) is 7.11 Å². The molecule has 3 N–H and O–H groups in total. The zero-order valence-corrected chi connectivity index (χ0v) is 17.3. The lowest BCUT2D eigenvalue weighted by molar-refractivity contribution is 0.248. The van der Waals surface area contributed by atoms with E-state index in [-0.39, 0.29) is 24.4 Å². The van der Waals surface area contributed by atoms with Crippen LogP contribution in [-0.4, -0.2) is 38.3 Å². The van der Waals surface area contributed by atoms with Crippen molar-refractivity contribution in [1.29, 1.82) is 0 Å². The Kier molecular flexibility index (Phi) is 7.03. The van der Waals surface area contributed by atoms with Gasteiger partial charge in [0.05, 0.1) is 19.8 Å². The molecule has 0 aliphatic rings. The fraction of sp³-hybridized carbons (Fsp3) is 0.389. The predicted octanol–water partition coefficient (Wildman–Crippen LogP) is 2.89. The molecule has 10 nitrogen and oxygen atoms in total. The van der Waals surface area contributed by atoms with Crippen LogP contribution in [0.1, 0.15) is 30.9 Å². The Labute approximate surface area is 168 Å². The summed E-state index contributed by atoms with van der Waals surface area (Å²) in [5.74, 6) is 0.141. The van der Waals surface area contributed by atoms with Crippen molar-refractivity contribution >= 4 is 25.2 Å². The molecule has 3 aromatic rings. The lowest BCUT2D eigenvalue weighted by atomic mass is 10.1. The van der Waals surface area contributed by atoms with E-state index in [4.69, 9.17) is 15.0 Å². The minimum absolute atomic E-state index is 0.141. The highest BCUT2D eigenvalue weighted by Crippen LogP contribution is 2.27. The van der Waals surface area contributed by atoms with Crippen LogP contribution in [0.3, 0.4) is 0 Å². The predicted molar refractivity (Wildman–Crippen MR) is 108 cm³/mol. The molecule has 0 bridgehead atoms. The second-order valence-corrected chi connectivity index (χ2v) is 7.52. The van der Waals surface area contributed by atoms with Crippen LogP contribution < -0.4 is 10.5 Å². The quantitative estimate of drug-likeness (QED) is 0.374. The normalized spacial score (nSPS) is 12.3. The second-order valence-electron chi connectivity index (χ2n) is 6.33. The van der Waals surface area contributed by atoms with Gasteiger partial charge in [0.25, 0.3) is 6.01 Å². The first-order valence-corrected chi connectivity index (χ1v) is 10.4. The summed E-state index contributed by atoms with van der Waals surface area (Å²) in [6, 6.07) is 7.38. The van der Waals surface area contributed by atoms with Gasteiger partial charge in [-0.15, -0.1) is 0 Å². The van der Waals surface area contributed by atoms with Gasteiger partial charge in [0.1, 0.15) is 0 Å². The van der Waals surface area contributed by atoms with Crippen LogP contribution in [0.4, 0.5) is 5.82 Å². The first-order valence-electron chi connectivity index (χ1n) is 9.16. The number of aromatic nitrogens is 4. The van der Waals surface area contributed by atoms with Crippen molar-refractivity contribution < 1.29 is 23.5 Å². The third-order valence-electron chi connectivity index (χ3n) is 4.17. The summed E-state index contributed by atoms with van der Waals surface area (Å²) < 4.78 is 28.2. The largest absolute Gasteiger partial charge is 0.480 e. The molecule has 0 amide bonds. The van der Waals surface area contributed by atoms with E-state index in [1.54, 1.807) is 0 Å². The van der Waals surface area contributed by atoms with Crippen molar-refractivity contribution in [2.45, 2.75) is 32.9 Å². The molecule has 0 aliphatic carbocycles. The molecule has 0 saturated heterocycles. The van der Waals surface area contributed by atoms with Crippen LogP contribution in [-0.2, 0) is 26.8 Å². The van der Waals surface area contributed by atoms with Crippen molar-refractivity contribution in [1.82, 2.24) is 19.5 Å². The van der Waals surface area contributed by atoms with E-state index in [1.807, 2.05) is 24.3 Å². The first kappa shape index (κ1) is 21.0. The summed E-state index contributed by atoms with van der Waals surface area (Å²) in [7, 11) is -1.16. The molecule has 156 valence electrons. The fourth-order valence-electron chi connectivity index (χ4n) is 2.71. The van der Waals surface area contributed by atoms with Crippen molar-refractivity contribution in [3.8, 4) is 12.0 Å². The van der Waals surface area contributed by atoms with Crippen molar-refractivity contribution in [3.63, 3.8) is 0 Å². The molecule has 0 aliphatic heterocycles. The van der Waals surface area contributed by atoms with Gasteiger partial charge < -0.3 is 24.6 Å². The van der Waals surface area contributed by atoms with Gasteiger partial charge in [-0.1, -0.05) is 37.6 Å². The average Bonchev–Trinajstić information content (AvgIpc) is 3.03. The van der Waals surface area contributed by atoms with E-state index < -0.39 is 8.25 Å². The van der Waals surface area contributed by atoms with E-state index in [9.17, 15) is 9.67 Å². The molecule has 0 radical (unpaired) electrons. The summed E-state index contributed by atoms with van der Waals surface area (Å²) in [6.07, 6.45) is 1.85. The third-order valence-corrected chi connectivity index (χ3v) is 4.88. The molecule has 1 atom stereocenters. The number of imidazole rings is 1. The molecule has 11 heteroatoms. The van der Waals surface area contributed by atoms with Gasteiger partial charge in [-0.25, -0.2) is 0 Å². The minimum Gasteiger partial charge on any atom is -0.480 e. The zero-order chi connectivity index (χ0) is 20.8. The van der Waals surface area contributed by atoms with Crippen LogP contribution in [0.5, 0.6) is 12.0 Å². The fourth-order valence-corrected chi connectivity index (χ4v) is 3.11. The standard InChI is InChI=1S/C18H24N5O5P/c1-3-4-8-27-17-21-15(19)14-16(22-17)23(18(24)20-14)10-12-6-5-7-13(9-12)11-28-29(25)26-2/h5-7,9,29H,3-4,8,10-11H2,1-2H3,(H,20,24)(H2,19,21,22). The molecule has 3 rings (SSSR count). The van der Waals surface area contributed by atoms with Crippen LogP contribution in [0.2, 0.25) is 0 Å². The summed E-state index contributed by atoms with van der Waals surface area (Å²) in [5, 5.41) is 10.3. The first-order chi connectivity index (χ1) is 14.0. The molecule has 1 unspecified atom stereocenters. The molecule has 29 heavy (non-hydrogen) atoms. The number of nitrogens with zero attached hydrogens (tertiary/aromatic N) is 4.